The number of piperidine rings is 3. The lowest BCUT2D eigenvalue weighted by Crippen LogP contribution is -2.66. The van der Waals surface area contributed by atoms with Gasteiger partial charge in [0.2, 0.25) is 5.60 Å². The van der Waals surface area contributed by atoms with Crippen LogP contribution in [-0.4, -0.2) is 72.4 Å². The smallest absolute Gasteiger partial charge is 0.430 e. The molecule has 0 saturated carbocycles. The maximum absolute atomic E-state index is 13.6. The number of fused-ring (bicyclic) bond motifs is 3. The predicted octanol–water partition coefficient (Wildman–Crippen LogP) is 2.86. The number of rotatable bonds is 8. The topological polar surface area (TPSA) is 116 Å². The second-order valence-electron chi connectivity index (χ2n) is 10.5. The molecular formula is C30H31F3N2O6S. The summed E-state index contributed by atoms with van der Waals surface area (Å²) in [7, 11) is 0. The molecule has 3 aliphatic rings. The molecule has 12 heteroatoms. The average Bonchev–Trinajstić information content (AvgIpc) is 3.53. The van der Waals surface area contributed by atoms with Crippen molar-refractivity contribution < 1.29 is 47.0 Å². The second kappa shape index (κ2) is 13.1. The number of thiophene rings is 1. The van der Waals surface area contributed by atoms with Crippen LogP contribution in [0.3, 0.4) is 0 Å². The van der Waals surface area contributed by atoms with Crippen molar-refractivity contribution in [2.24, 2.45) is 5.92 Å². The molecule has 0 radical (unpaired) electrons. The number of halogens is 3. The van der Waals surface area contributed by atoms with E-state index in [1.54, 1.807) is 24.3 Å². The van der Waals surface area contributed by atoms with Crippen molar-refractivity contribution in [3.8, 4) is 0 Å². The van der Waals surface area contributed by atoms with Crippen molar-refractivity contribution in [3.05, 3.63) is 94.2 Å². The molecule has 42 heavy (non-hydrogen) atoms. The number of ether oxygens (including phenoxy) is 1. The molecular weight excluding hydrogens is 573 g/mol. The number of carbonyl (C=O) groups excluding carboxylic acids is 3. The number of alkyl halides is 3. The predicted molar refractivity (Wildman–Crippen MR) is 146 cm³/mol. The molecule has 0 aliphatic carbocycles. The van der Waals surface area contributed by atoms with E-state index in [1.807, 2.05) is 53.2 Å². The minimum Gasteiger partial charge on any atom is -0.542 e. The van der Waals surface area contributed by atoms with E-state index in [9.17, 15) is 27.9 Å². The molecule has 3 aliphatic heterocycles. The Balaban J connectivity index is 0.000000517. The molecule has 224 valence electrons. The van der Waals surface area contributed by atoms with Crippen LogP contribution in [0.15, 0.2) is 77.5 Å². The summed E-state index contributed by atoms with van der Waals surface area (Å²) in [4.78, 5) is 34.7. The van der Waals surface area contributed by atoms with Crippen LogP contribution in [0.5, 0.6) is 0 Å². The van der Waals surface area contributed by atoms with Gasteiger partial charge in [-0.3, -0.25) is 4.79 Å². The summed E-state index contributed by atoms with van der Waals surface area (Å²) in [5, 5.41) is 27.3. The highest BCUT2D eigenvalue weighted by atomic mass is 32.1. The zero-order valence-electron chi connectivity index (χ0n) is 22.6. The van der Waals surface area contributed by atoms with Gasteiger partial charge in [-0.15, -0.1) is 0 Å². The van der Waals surface area contributed by atoms with Crippen LogP contribution in [-0.2, 0) is 19.9 Å². The highest BCUT2D eigenvalue weighted by Crippen LogP contribution is 2.38. The molecule has 3 fully saturated rings. The first-order chi connectivity index (χ1) is 19.9. The number of aliphatic hydroxyl groups is 1. The molecule has 1 aromatic heterocycles. The van der Waals surface area contributed by atoms with Crippen molar-refractivity contribution in [1.82, 2.24) is 5.32 Å². The third kappa shape index (κ3) is 7.18. The summed E-state index contributed by atoms with van der Waals surface area (Å²) in [6.45, 7) is 4.14. The molecule has 1 atom stereocenters. The van der Waals surface area contributed by atoms with Crippen molar-refractivity contribution in [1.29, 1.82) is 0 Å². The lowest BCUT2D eigenvalue weighted by molar-refractivity contribution is -0.945. The number of aliphatic carboxylic acids is 1. The number of nitrogens with zero attached hydrogens (tertiary/aromatic N) is 1. The van der Waals surface area contributed by atoms with Crippen molar-refractivity contribution in [3.63, 3.8) is 0 Å². The molecule has 3 saturated heterocycles. The zero-order valence-corrected chi connectivity index (χ0v) is 23.4. The van der Waals surface area contributed by atoms with Crippen molar-refractivity contribution in [2.75, 3.05) is 32.7 Å². The largest absolute Gasteiger partial charge is 0.542 e. The third-order valence-electron chi connectivity index (χ3n) is 7.86. The van der Waals surface area contributed by atoms with Gasteiger partial charge in [-0.05, 0) is 22.6 Å². The normalized spacial score (nSPS) is 21.5. The summed E-state index contributed by atoms with van der Waals surface area (Å²) in [6.07, 6.45) is -3.49. The fraction of sp³-hybridized carbons (Fsp3) is 0.367. The highest BCUT2D eigenvalue weighted by molar-refractivity contribution is 7.08. The van der Waals surface area contributed by atoms with Gasteiger partial charge in [-0.1, -0.05) is 60.7 Å². The van der Waals surface area contributed by atoms with Crippen molar-refractivity contribution >= 4 is 29.2 Å². The number of quaternary nitrogens is 1. The fourth-order valence-electron chi connectivity index (χ4n) is 5.56. The average molecular weight is 605 g/mol. The van der Waals surface area contributed by atoms with E-state index in [2.05, 4.69) is 5.32 Å². The summed E-state index contributed by atoms with van der Waals surface area (Å²) < 4.78 is 38.5. The Morgan fingerprint density at radius 3 is 2.00 bits per heavy atom. The number of nitrogens with one attached hydrogen (secondary N) is 1. The minimum absolute atomic E-state index is 0.0462. The first-order valence-corrected chi connectivity index (χ1v) is 14.4. The van der Waals surface area contributed by atoms with E-state index in [-0.39, 0.29) is 12.0 Å². The van der Waals surface area contributed by atoms with Gasteiger partial charge < -0.3 is 29.5 Å². The summed E-state index contributed by atoms with van der Waals surface area (Å²) in [6, 6.07) is 19.8. The molecule has 2 aromatic carbocycles. The number of carbonyl (C=O) groups is 3. The Labute approximate surface area is 244 Å². The van der Waals surface area contributed by atoms with Gasteiger partial charge >= 0.3 is 12.1 Å². The van der Waals surface area contributed by atoms with Crippen LogP contribution in [0.4, 0.5) is 13.2 Å². The Morgan fingerprint density at radius 2 is 1.52 bits per heavy atom. The first kappa shape index (κ1) is 31.2. The van der Waals surface area contributed by atoms with Gasteiger partial charge in [-0.25, -0.2) is 4.79 Å². The monoisotopic (exact) mass is 604 g/mol. The molecule has 2 N–H and O–H groups in total. The van der Waals surface area contributed by atoms with Gasteiger partial charge in [0, 0.05) is 29.7 Å². The number of hydrogen-bond donors (Lipinski definition) is 2. The van der Waals surface area contributed by atoms with E-state index >= 15 is 0 Å². The van der Waals surface area contributed by atoms with Crippen LogP contribution in [0.25, 0.3) is 0 Å². The van der Waals surface area contributed by atoms with Crippen LogP contribution >= 0.6 is 11.3 Å². The molecule has 4 heterocycles. The third-order valence-corrected chi connectivity index (χ3v) is 8.55. The number of hydrogen-bond acceptors (Lipinski definition) is 7. The van der Waals surface area contributed by atoms with Gasteiger partial charge in [-0.2, -0.15) is 24.5 Å². The molecule has 8 nitrogen and oxygen atoms in total. The van der Waals surface area contributed by atoms with Crippen molar-refractivity contribution in [2.45, 2.75) is 30.7 Å². The standard InChI is InChI=1S/C28H30N2O4S.C2HF3O2/c31-26(22-13-18-35-20-22)29-14-17-30-15-11-21(12-16-30)25(19-30)34-27(32)28(33,23-7-3-1-4-8-23)24-9-5-2-6-10-24;3-2(4,5)1(6)7/h1-10,13,18,20-21,25,33H,11-12,14-17,19H2;(H,6,7)/t21?,25-,30?;/m0./s1. The van der Waals surface area contributed by atoms with E-state index in [4.69, 9.17) is 14.6 Å². The molecule has 0 spiro atoms. The zero-order chi connectivity index (χ0) is 30.4. The number of carboxylic acids is 1. The van der Waals surface area contributed by atoms with Gasteiger partial charge in [0.05, 0.1) is 26.2 Å². The van der Waals surface area contributed by atoms with Crippen LogP contribution in [0, 0.1) is 5.92 Å². The van der Waals surface area contributed by atoms with E-state index < -0.39 is 23.7 Å². The maximum atomic E-state index is 13.6. The first-order valence-electron chi connectivity index (χ1n) is 13.4. The maximum Gasteiger partial charge on any atom is 0.430 e. The molecule has 6 rings (SSSR count). The fourth-order valence-corrected chi connectivity index (χ4v) is 6.19. The lowest BCUT2D eigenvalue weighted by Gasteiger charge is -2.52. The van der Waals surface area contributed by atoms with E-state index in [1.165, 1.54) is 11.3 Å². The molecule has 1 amide bonds. The minimum atomic E-state index is -5.19. The van der Waals surface area contributed by atoms with E-state index in [0.29, 0.717) is 35.7 Å². The Morgan fingerprint density at radius 1 is 0.976 bits per heavy atom. The SMILES string of the molecule is O=C(NCC[N+]12CCC(CC1)[C@@H](OC(=O)C(O)(c1ccccc1)c1ccccc1)C2)c1ccsc1.O=C([O-])C(F)(F)F. The summed E-state index contributed by atoms with van der Waals surface area (Å²) in [5.74, 6) is -3.38. The number of carboxylic acid groups (broad SMARTS) is 1. The van der Waals surface area contributed by atoms with E-state index in [0.717, 1.165) is 37.0 Å². The second-order valence-corrected chi connectivity index (χ2v) is 11.3. The molecule has 0 unspecified atom stereocenters. The molecule has 3 aromatic rings. The number of benzene rings is 2. The van der Waals surface area contributed by atoms with Crippen LogP contribution in [0.2, 0.25) is 0 Å². The quantitative estimate of drug-likeness (QED) is 0.302. The number of esters is 1. The lowest BCUT2D eigenvalue weighted by atomic mass is 9.82. The summed E-state index contributed by atoms with van der Waals surface area (Å²) in [5.41, 5.74) is -0.177. The summed E-state index contributed by atoms with van der Waals surface area (Å²) >= 11 is 1.51. The Kier molecular flexibility index (Phi) is 9.70. The van der Waals surface area contributed by atoms with Gasteiger partial charge in [0.15, 0.2) is 6.10 Å². The Hall–Kier alpha value is -3.74. The van der Waals surface area contributed by atoms with Crippen LogP contribution < -0.4 is 10.4 Å². The number of amides is 1. The highest BCUT2D eigenvalue weighted by Gasteiger charge is 2.50. The van der Waals surface area contributed by atoms with Gasteiger partial charge in [0.25, 0.3) is 5.91 Å². The molecule has 2 bridgehead atoms. The van der Waals surface area contributed by atoms with Crippen LogP contribution in [0.1, 0.15) is 34.3 Å². The Bertz CT molecular complexity index is 1300. The van der Waals surface area contributed by atoms with Gasteiger partial charge in [0.1, 0.15) is 12.5 Å².